The highest BCUT2D eigenvalue weighted by atomic mass is 14.4. The number of fused-ring (bicyclic) bond motifs is 1. The topological polar surface area (TPSA) is 0 Å². The van der Waals surface area contributed by atoms with Crippen molar-refractivity contribution in [3.8, 4) is 0 Å². The average molecular weight is 188 g/mol. The molecular formula is C14H20. The lowest BCUT2D eigenvalue weighted by Crippen LogP contribution is -2.23. The maximum Gasteiger partial charge on any atom is -0.0222 e. The molecule has 0 bridgehead atoms. The van der Waals surface area contributed by atoms with Gasteiger partial charge < -0.3 is 0 Å². The number of hydrogen-bond acceptors (Lipinski definition) is 0. The molecule has 0 radical (unpaired) electrons. The molecule has 0 heterocycles. The summed E-state index contributed by atoms with van der Waals surface area (Å²) in [5.41, 5.74) is 4.18. The summed E-state index contributed by atoms with van der Waals surface area (Å²) in [6, 6.07) is 0. The maximum atomic E-state index is 2.52. The third-order valence-corrected chi connectivity index (χ3v) is 4.51. The Morgan fingerprint density at radius 1 is 0.857 bits per heavy atom. The van der Waals surface area contributed by atoms with E-state index in [1.807, 2.05) is 0 Å². The van der Waals surface area contributed by atoms with E-state index in [9.17, 15) is 0 Å². The van der Waals surface area contributed by atoms with E-state index in [1.54, 1.807) is 11.1 Å². The van der Waals surface area contributed by atoms with Gasteiger partial charge in [-0.25, -0.2) is 0 Å². The van der Waals surface area contributed by atoms with E-state index in [1.165, 1.54) is 57.8 Å². The minimum atomic E-state index is 0.751. The summed E-state index contributed by atoms with van der Waals surface area (Å²) in [5, 5.41) is 0. The van der Waals surface area contributed by atoms with Crippen molar-refractivity contribution < 1.29 is 0 Å². The van der Waals surface area contributed by atoms with Crippen molar-refractivity contribution in [3.63, 3.8) is 0 Å². The third-order valence-electron chi connectivity index (χ3n) is 4.51. The second-order valence-corrected chi connectivity index (χ2v) is 5.42. The number of allylic oxidation sites excluding steroid dienone is 4. The summed E-state index contributed by atoms with van der Waals surface area (Å²) in [7, 11) is 0. The molecule has 0 amide bonds. The first-order valence-corrected chi connectivity index (χ1v) is 6.27. The normalized spacial score (nSPS) is 29.7. The molecule has 0 N–H and O–H groups in total. The molecule has 0 aromatic heterocycles. The van der Waals surface area contributed by atoms with Gasteiger partial charge in [-0.3, -0.25) is 0 Å². The van der Waals surface area contributed by atoms with Crippen LogP contribution in [-0.4, -0.2) is 0 Å². The first-order chi connectivity index (χ1) is 6.88. The lowest BCUT2D eigenvalue weighted by atomic mass is 9.68. The summed E-state index contributed by atoms with van der Waals surface area (Å²) in [5.74, 6) is 0. The van der Waals surface area contributed by atoms with Crippen LogP contribution in [0.25, 0.3) is 0 Å². The van der Waals surface area contributed by atoms with Gasteiger partial charge in [0.05, 0.1) is 0 Å². The molecule has 0 unspecified atom stereocenters. The zero-order valence-electron chi connectivity index (χ0n) is 9.02. The standard InChI is InChI=1S/C14H20/c1-2-6-13-11-14(8-3-4-9-14)10-7-12(13)5-1/h5-6H,1-4,7-11H2. The molecule has 14 heavy (non-hydrogen) atoms. The molecule has 3 rings (SSSR count). The van der Waals surface area contributed by atoms with Gasteiger partial charge in [0.2, 0.25) is 0 Å². The summed E-state index contributed by atoms with van der Waals surface area (Å²) >= 11 is 0. The predicted molar refractivity (Wildman–Crippen MR) is 60.2 cm³/mol. The van der Waals surface area contributed by atoms with Gasteiger partial charge in [-0.15, -0.1) is 0 Å². The summed E-state index contributed by atoms with van der Waals surface area (Å²) < 4.78 is 0. The Hall–Kier alpha value is -0.520. The van der Waals surface area contributed by atoms with Crippen molar-refractivity contribution in [2.75, 3.05) is 0 Å². The highest BCUT2D eigenvalue weighted by molar-refractivity contribution is 5.37. The Bertz CT molecular complexity index is 287. The monoisotopic (exact) mass is 188 g/mol. The fraction of sp³-hybridized carbons (Fsp3) is 0.714. The second-order valence-electron chi connectivity index (χ2n) is 5.42. The average Bonchev–Trinajstić information content (AvgIpc) is 2.66. The molecule has 76 valence electrons. The first kappa shape index (κ1) is 8.76. The molecule has 0 heteroatoms. The van der Waals surface area contributed by atoms with Crippen molar-refractivity contribution in [2.45, 2.75) is 57.8 Å². The van der Waals surface area contributed by atoms with Gasteiger partial charge in [0.15, 0.2) is 0 Å². The maximum absolute atomic E-state index is 2.52. The molecule has 0 saturated heterocycles. The zero-order valence-corrected chi connectivity index (χ0v) is 9.02. The molecule has 1 spiro atoms. The quantitative estimate of drug-likeness (QED) is 0.529. The van der Waals surface area contributed by atoms with Crippen LogP contribution in [0.2, 0.25) is 0 Å². The van der Waals surface area contributed by atoms with Crippen molar-refractivity contribution in [3.05, 3.63) is 23.3 Å². The SMILES string of the molecule is C1=C2CCC3(CCCC3)CC2=CCC1. The largest absolute Gasteiger partial charge is 0.0807 e. The second kappa shape index (κ2) is 3.25. The van der Waals surface area contributed by atoms with Crippen molar-refractivity contribution in [1.29, 1.82) is 0 Å². The van der Waals surface area contributed by atoms with Crippen LogP contribution in [0.5, 0.6) is 0 Å². The van der Waals surface area contributed by atoms with Crippen LogP contribution in [0.1, 0.15) is 57.8 Å². The minimum absolute atomic E-state index is 0.751. The highest BCUT2D eigenvalue weighted by Crippen LogP contribution is 2.52. The van der Waals surface area contributed by atoms with Gasteiger partial charge in [0.25, 0.3) is 0 Å². The van der Waals surface area contributed by atoms with Crippen LogP contribution in [-0.2, 0) is 0 Å². The molecular weight excluding hydrogens is 168 g/mol. The van der Waals surface area contributed by atoms with Crippen LogP contribution in [0.15, 0.2) is 23.3 Å². The number of hydrogen-bond donors (Lipinski definition) is 0. The van der Waals surface area contributed by atoms with Gasteiger partial charge >= 0.3 is 0 Å². The molecule has 2 fully saturated rings. The van der Waals surface area contributed by atoms with Gasteiger partial charge in [-0.2, -0.15) is 0 Å². The van der Waals surface area contributed by atoms with Gasteiger partial charge in [-0.1, -0.05) is 25.0 Å². The van der Waals surface area contributed by atoms with Gasteiger partial charge in [0, 0.05) is 0 Å². The van der Waals surface area contributed by atoms with E-state index in [0.29, 0.717) is 0 Å². The predicted octanol–water partition coefficient (Wildman–Crippen LogP) is 4.38. The Morgan fingerprint density at radius 3 is 2.36 bits per heavy atom. The third kappa shape index (κ3) is 1.36. The molecule has 2 saturated carbocycles. The van der Waals surface area contributed by atoms with E-state index in [2.05, 4.69) is 12.2 Å². The van der Waals surface area contributed by atoms with Crippen LogP contribution < -0.4 is 0 Å². The Labute approximate surface area is 87.1 Å². The van der Waals surface area contributed by atoms with Crippen LogP contribution in [0.3, 0.4) is 0 Å². The minimum Gasteiger partial charge on any atom is -0.0807 e. The fourth-order valence-electron chi connectivity index (χ4n) is 3.67. The smallest absolute Gasteiger partial charge is 0.0222 e. The van der Waals surface area contributed by atoms with Crippen molar-refractivity contribution in [1.82, 2.24) is 0 Å². The molecule has 3 aliphatic rings. The lowest BCUT2D eigenvalue weighted by molar-refractivity contribution is 0.252. The fourth-order valence-corrected chi connectivity index (χ4v) is 3.67. The summed E-state index contributed by atoms with van der Waals surface area (Å²) in [6.45, 7) is 0. The molecule has 3 aliphatic carbocycles. The Morgan fingerprint density at radius 2 is 1.57 bits per heavy atom. The van der Waals surface area contributed by atoms with Crippen molar-refractivity contribution in [2.24, 2.45) is 5.41 Å². The number of rotatable bonds is 0. The summed E-state index contributed by atoms with van der Waals surface area (Å²) in [4.78, 5) is 0. The molecule has 0 aromatic carbocycles. The molecule has 0 aromatic rings. The Kier molecular flexibility index (Phi) is 2.04. The van der Waals surface area contributed by atoms with E-state index in [4.69, 9.17) is 0 Å². The van der Waals surface area contributed by atoms with Gasteiger partial charge in [-0.05, 0) is 61.5 Å². The molecule has 0 nitrogen and oxygen atoms in total. The van der Waals surface area contributed by atoms with E-state index in [-0.39, 0.29) is 0 Å². The highest BCUT2D eigenvalue weighted by Gasteiger charge is 2.37. The zero-order chi connectivity index (χ0) is 9.43. The Balaban J connectivity index is 1.83. The first-order valence-electron chi connectivity index (χ1n) is 6.27. The summed E-state index contributed by atoms with van der Waals surface area (Å²) in [6.07, 6.45) is 17.9. The van der Waals surface area contributed by atoms with Crippen LogP contribution in [0, 0.1) is 5.41 Å². The van der Waals surface area contributed by atoms with Gasteiger partial charge in [0.1, 0.15) is 0 Å². The van der Waals surface area contributed by atoms with Crippen LogP contribution in [0.4, 0.5) is 0 Å². The lowest BCUT2D eigenvalue weighted by Gasteiger charge is -2.37. The van der Waals surface area contributed by atoms with E-state index >= 15 is 0 Å². The van der Waals surface area contributed by atoms with Crippen LogP contribution >= 0.6 is 0 Å². The van der Waals surface area contributed by atoms with E-state index < -0.39 is 0 Å². The molecule has 0 atom stereocenters. The molecule has 0 aliphatic heterocycles. The van der Waals surface area contributed by atoms with Crippen molar-refractivity contribution >= 4 is 0 Å². The van der Waals surface area contributed by atoms with E-state index in [0.717, 1.165) is 5.41 Å².